The number of urea groups is 1. The molecule has 28 heavy (non-hydrogen) atoms. The van der Waals surface area contributed by atoms with Gasteiger partial charge >= 0.3 is 6.03 Å². The van der Waals surface area contributed by atoms with E-state index in [9.17, 15) is 14.7 Å². The number of anilines is 1. The minimum atomic E-state index is -0.306. The molecule has 1 aromatic heterocycles. The van der Waals surface area contributed by atoms with Crippen LogP contribution >= 0.6 is 0 Å². The van der Waals surface area contributed by atoms with Crippen LogP contribution in [-0.2, 0) is 6.54 Å². The number of carbonyl (C=O) groups is 1. The third kappa shape index (κ3) is 4.40. The summed E-state index contributed by atoms with van der Waals surface area (Å²) in [5, 5.41) is 12.9. The number of aryl methyl sites for hydroxylation is 2. The molecule has 6 nitrogen and oxygen atoms in total. The van der Waals surface area contributed by atoms with Crippen LogP contribution < -0.4 is 10.9 Å². The first kappa shape index (κ1) is 19.6. The Hall–Kier alpha value is -3.12. The fourth-order valence-electron chi connectivity index (χ4n) is 3.13. The predicted octanol–water partition coefficient (Wildman–Crippen LogP) is 3.56. The Morgan fingerprint density at radius 2 is 1.89 bits per heavy atom. The first-order valence-electron chi connectivity index (χ1n) is 9.33. The minimum Gasteiger partial charge on any atom is -0.396 e. The molecule has 0 spiro atoms. The van der Waals surface area contributed by atoms with Gasteiger partial charge in [-0.3, -0.25) is 4.79 Å². The summed E-state index contributed by atoms with van der Waals surface area (Å²) < 4.78 is 0. The van der Waals surface area contributed by atoms with Crippen LogP contribution in [0, 0.1) is 13.8 Å². The smallest absolute Gasteiger partial charge is 0.322 e. The van der Waals surface area contributed by atoms with Crippen LogP contribution in [0.25, 0.3) is 10.9 Å². The Morgan fingerprint density at radius 1 is 1.14 bits per heavy atom. The van der Waals surface area contributed by atoms with Crippen molar-refractivity contribution in [2.75, 3.05) is 18.5 Å². The van der Waals surface area contributed by atoms with E-state index in [0.29, 0.717) is 24.2 Å². The van der Waals surface area contributed by atoms with Crippen molar-refractivity contribution in [3.05, 3.63) is 75.6 Å². The maximum atomic E-state index is 12.7. The fraction of sp³-hybridized carbons (Fsp3) is 0.273. The van der Waals surface area contributed by atoms with Gasteiger partial charge in [0.1, 0.15) is 0 Å². The molecular formula is C22H25N3O3. The van der Waals surface area contributed by atoms with Crippen molar-refractivity contribution >= 4 is 22.6 Å². The zero-order chi connectivity index (χ0) is 20.1. The number of carbonyl (C=O) groups excluding carboxylic acids is 1. The monoisotopic (exact) mass is 379 g/mol. The summed E-state index contributed by atoms with van der Waals surface area (Å²) in [7, 11) is 0. The van der Waals surface area contributed by atoms with E-state index >= 15 is 0 Å². The molecule has 0 unspecified atom stereocenters. The number of amides is 2. The predicted molar refractivity (Wildman–Crippen MR) is 112 cm³/mol. The topological polar surface area (TPSA) is 85.4 Å². The lowest BCUT2D eigenvalue weighted by atomic mass is 10.0. The van der Waals surface area contributed by atoms with Gasteiger partial charge < -0.3 is 20.3 Å². The van der Waals surface area contributed by atoms with E-state index in [1.54, 1.807) is 17.0 Å². The van der Waals surface area contributed by atoms with Crippen molar-refractivity contribution in [1.29, 1.82) is 0 Å². The van der Waals surface area contributed by atoms with Gasteiger partial charge in [-0.05, 0) is 55.0 Å². The Labute approximate surface area is 163 Å². The number of benzene rings is 2. The van der Waals surface area contributed by atoms with Crippen LogP contribution in [0.3, 0.4) is 0 Å². The summed E-state index contributed by atoms with van der Waals surface area (Å²) in [5.74, 6) is 0. The Balaban J connectivity index is 1.88. The van der Waals surface area contributed by atoms with Crippen LogP contribution in [0.4, 0.5) is 10.5 Å². The number of hydrogen-bond donors (Lipinski definition) is 3. The molecule has 3 rings (SSSR count). The SMILES string of the molecule is Cc1ccc2cc(CN(CCCO)C(=O)Nc3ccccc3)c(=O)[nH]c2c1C. The van der Waals surface area contributed by atoms with Crippen LogP contribution in [0.15, 0.2) is 53.3 Å². The largest absolute Gasteiger partial charge is 0.396 e. The number of nitrogens with one attached hydrogen (secondary N) is 2. The number of rotatable bonds is 6. The summed E-state index contributed by atoms with van der Waals surface area (Å²) in [6, 6.07) is 14.7. The van der Waals surface area contributed by atoms with Gasteiger partial charge in [0.05, 0.1) is 12.1 Å². The summed E-state index contributed by atoms with van der Waals surface area (Å²) >= 11 is 0. The van der Waals surface area contributed by atoms with E-state index in [2.05, 4.69) is 10.3 Å². The molecule has 0 aliphatic rings. The highest BCUT2D eigenvalue weighted by atomic mass is 16.3. The number of pyridine rings is 1. The molecule has 0 aliphatic heterocycles. The molecule has 0 aliphatic carbocycles. The highest BCUT2D eigenvalue weighted by Gasteiger charge is 2.16. The summed E-state index contributed by atoms with van der Waals surface area (Å²) in [6.07, 6.45) is 0.437. The van der Waals surface area contributed by atoms with Gasteiger partial charge in [-0.2, -0.15) is 0 Å². The van der Waals surface area contributed by atoms with E-state index in [1.807, 2.05) is 50.2 Å². The van der Waals surface area contributed by atoms with E-state index in [0.717, 1.165) is 22.0 Å². The molecule has 1 heterocycles. The lowest BCUT2D eigenvalue weighted by Crippen LogP contribution is -2.37. The molecule has 0 saturated heterocycles. The number of aliphatic hydroxyl groups is 1. The standard InChI is InChI=1S/C22H25N3O3/c1-15-9-10-17-13-18(21(27)24-20(17)16(15)2)14-25(11-6-12-26)22(28)23-19-7-4-3-5-8-19/h3-5,7-10,13,26H,6,11-12,14H2,1-2H3,(H,23,28)(H,24,27). The lowest BCUT2D eigenvalue weighted by Gasteiger charge is -2.23. The molecule has 0 radical (unpaired) electrons. The van der Waals surface area contributed by atoms with Gasteiger partial charge in [0, 0.05) is 24.4 Å². The normalized spacial score (nSPS) is 10.8. The number of hydrogen-bond acceptors (Lipinski definition) is 3. The molecule has 0 bridgehead atoms. The first-order chi connectivity index (χ1) is 13.5. The molecule has 0 fully saturated rings. The van der Waals surface area contributed by atoms with Crippen LogP contribution in [0.5, 0.6) is 0 Å². The third-order valence-corrected chi connectivity index (χ3v) is 4.89. The van der Waals surface area contributed by atoms with E-state index in [4.69, 9.17) is 0 Å². The number of nitrogens with zero attached hydrogens (tertiary/aromatic N) is 1. The summed E-state index contributed by atoms with van der Waals surface area (Å²) in [5.41, 5.74) is 3.96. The van der Waals surface area contributed by atoms with Crippen molar-refractivity contribution in [2.24, 2.45) is 0 Å². The van der Waals surface area contributed by atoms with E-state index in [1.165, 1.54) is 0 Å². The molecule has 0 atom stereocenters. The second-order valence-corrected chi connectivity index (χ2v) is 6.89. The van der Waals surface area contributed by atoms with Crippen molar-refractivity contribution in [3.63, 3.8) is 0 Å². The van der Waals surface area contributed by atoms with Crippen molar-refractivity contribution in [3.8, 4) is 0 Å². The second-order valence-electron chi connectivity index (χ2n) is 6.89. The average molecular weight is 379 g/mol. The highest BCUT2D eigenvalue weighted by molar-refractivity contribution is 5.89. The maximum Gasteiger partial charge on any atom is 0.322 e. The lowest BCUT2D eigenvalue weighted by molar-refractivity contribution is 0.199. The highest BCUT2D eigenvalue weighted by Crippen LogP contribution is 2.19. The average Bonchev–Trinajstić information content (AvgIpc) is 2.69. The zero-order valence-corrected chi connectivity index (χ0v) is 16.2. The fourth-order valence-corrected chi connectivity index (χ4v) is 3.13. The minimum absolute atomic E-state index is 0.0261. The summed E-state index contributed by atoms with van der Waals surface area (Å²) in [6.45, 7) is 4.47. The van der Waals surface area contributed by atoms with Crippen molar-refractivity contribution in [1.82, 2.24) is 9.88 Å². The Kier molecular flexibility index (Phi) is 6.11. The first-order valence-corrected chi connectivity index (χ1v) is 9.33. The van der Waals surface area contributed by atoms with Crippen LogP contribution in [0.2, 0.25) is 0 Å². The van der Waals surface area contributed by atoms with E-state index in [-0.39, 0.29) is 24.7 Å². The van der Waals surface area contributed by atoms with E-state index < -0.39 is 0 Å². The van der Waals surface area contributed by atoms with Crippen LogP contribution in [-0.4, -0.2) is 34.2 Å². The van der Waals surface area contributed by atoms with Gasteiger partial charge in [0.15, 0.2) is 0 Å². The van der Waals surface area contributed by atoms with Crippen molar-refractivity contribution in [2.45, 2.75) is 26.8 Å². The molecule has 3 N–H and O–H groups in total. The van der Waals surface area contributed by atoms with Gasteiger partial charge in [-0.15, -0.1) is 0 Å². The molecule has 146 valence electrons. The Morgan fingerprint density at radius 3 is 2.61 bits per heavy atom. The molecule has 2 amide bonds. The molecule has 2 aromatic carbocycles. The molecular weight excluding hydrogens is 354 g/mol. The number of aliphatic hydroxyl groups excluding tert-OH is 1. The molecule has 6 heteroatoms. The summed E-state index contributed by atoms with van der Waals surface area (Å²) in [4.78, 5) is 29.8. The maximum absolute atomic E-state index is 12.7. The van der Waals surface area contributed by atoms with Crippen molar-refractivity contribution < 1.29 is 9.90 Å². The number of para-hydroxylation sites is 1. The van der Waals surface area contributed by atoms with Gasteiger partial charge in [0.2, 0.25) is 0 Å². The van der Waals surface area contributed by atoms with Gasteiger partial charge in [0.25, 0.3) is 5.56 Å². The molecule has 3 aromatic rings. The van der Waals surface area contributed by atoms with Crippen LogP contribution in [0.1, 0.15) is 23.1 Å². The number of fused-ring (bicyclic) bond motifs is 1. The van der Waals surface area contributed by atoms with Gasteiger partial charge in [-0.25, -0.2) is 4.79 Å². The number of aromatic amines is 1. The zero-order valence-electron chi connectivity index (χ0n) is 16.2. The second kappa shape index (κ2) is 8.71. The number of aromatic nitrogens is 1. The molecule has 0 saturated carbocycles. The quantitative estimate of drug-likeness (QED) is 0.612. The Bertz CT molecular complexity index is 1030. The third-order valence-electron chi connectivity index (χ3n) is 4.89. The van der Waals surface area contributed by atoms with Gasteiger partial charge in [-0.1, -0.05) is 30.3 Å². The number of H-pyrrole nitrogens is 1.